The maximum absolute atomic E-state index is 13.5. The zero-order valence-electron chi connectivity index (χ0n) is 15.2. The number of H-pyrrole nitrogens is 1. The normalized spacial score (nSPS) is 16.2. The van der Waals surface area contributed by atoms with Crippen LogP contribution in [0.25, 0.3) is 10.9 Å². The topological polar surface area (TPSA) is 36.1 Å². The van der Waals surface area contributed by atoms with Crippen LogP contribution in [0.3, 0.4) is 0 Å². The van der Waals surface area contributed by atoms with E-state index in [0.29, 0.717) is 12.1 Å². The summed E-state index contributed by atoms with van der Waals surface area (Å²) in [5.41, 5.74) is 4.88. The van der Waals surface area contributed by atoms with Crippen molar-refractivity contribution in [2.24, 2.45) is 0 Å². The van der Waals surface area contributed by atoms with Crippen LogP contribution in [0.5, 0.6) is 0 Å². The fraction of sp³-hybridized carbons (Fsp3) is 0.125. The molecule has 0 saturated carbocycles. The summed E-state index contributed by atoms with van der Waals surface area (Å²) in [6.45, 7) is 0.616. The van der Waals surface area contributed by atoms with Crippen molar-refractivity contribution in [1.29, 1.82) is 0 Å². The van der Waals surface area contributed by atoms with Gasteiger partial charge in [0.2, 0.25) is 0 Å². The summed E-state index contributed by atoms with van der Waals surface area (Å²) >= 11 is 0. The Morgan fingerprint density at radius 3 is 2.43 bits per heavy atom. The maximum Gasteiger partial charge on any atom is 0.254 e. The van der Waals surface area contributed by atoms with E-state index in [1.165, 1.54) is 23.1 Å². The number of carbonyl (C=O) groups excluding carboxylic acids is 1. The van der Waals surface area contributed by atoms with Crippen molar-refractivity contribution in [2.75, 3.05) is 6.54 Å². The van der Waals surface area contributed by atoms with Gasteiger partial charge < -0.3 is 9.88 Å². The average Bonchev–Trinajstić information content (AvgIpc) is 3.13. The standard InChI is InChI=1S/C24H19FN2O/c25-18-12-10-16(11-13-18)23-22-20(19-8-4-5-9-21(19)26-22)14-15-27(23)24(28)17-6-2-1-3-7-17/h1-13,23,26H,14-15H2/t23-/m1/s1. The minimum atomic E-state index is -0.280. The summed E-state index contributed by atoms with van der Waals surface area (Å²) < 4.78 is 13.5. The van der Waals surface area contributed by atoms with Crippen molar-refractivity contribution >= 4 is 16.8 Å². The number of amides is 1. The van der Waals surface area contributed by atoms with Gasteiger partial charge in [0, 0.05) is 28.7 Å². The van der Waals surface area contributed by atoms with Gasteiger partial charge in [0.25, 0.3) is 5.91 Å². The number of aromatic nitrogens is 1. The summed E-state index contributed by atoms with van der Waals surface area (Å²) in [6, 6.07) is 23.7. The molecule has 28 heavy (non-hydrogen) atoms. The number of nitrogens with one attached hydrogen (secondary N) is 1. The Morgan fingerprint density at radius 1 is 0.929 bits per heavy atom. The van der Waals surface area contributed by atoms with Gasteiger partial charge in [-0.2, -0.15) is 0 Å². The highest BCUT2D eigenvalue weighted by Gasteiger charge is 2.34. The monoisotopic (exact) mass is 370 g/mol. The quantitative estimate of drug-likeness (QED) is 0.524. The fourth-order valence-electron chi connectivity index (χ4n) is 4.20. The molecule has 4 heteroatoms. The lowest BCUT2D eigenvalue weighted by Gasteiger charge is -2.36. The Balaban J connectivity index is 1.67. The third kappa shape index (κ3) is 2.69. The summed E-state index contributed by atoms with van der Waals surface area (Å²) in [6.07, 6.45) is 0.787. The number of rotatable bonds is 2. The van der Waals surface area contributed by atoms with Crippen molar-refractivity contribution in [1.82, 2.24) is 9.88 Å². The van der Waals surface area contributed by atoms with E-state index in [1.54, 1.807) is 12.1 Å². The van der Waals surface area contributed by atoms with Crippen LogP contribution in [0.15, 0.2) is 78.9 Å². The minimum absolute atomic E-state index is 0.0146. The first-order valence-electron chi connectivity index (χ1n) is 9.43. The predicted molar refractivity (Wildman–Crippen MR) is 108 cm³/mol. The third-order valence-electron chi connectivity index (χ3n) is 5.50. The lowest BCUT2D eigenvalue weighted by molar-refractivity contribution is 0.0692. The van der Waals surface area contributed by atoms with Crippen molar-refractivity contribution in [3.05, 3.63) is 107 Å². The Bertz CT molecular complexity index is 1150. The van der Waals surface area contributed by atoms with Crippen molar-refractivity contribution in [3.63, 3.8) is 0 Å². The molecule has 3 nitrogen and oxygen atoms in total. The van der Waals surface area contributed by atoms with E-state index in [1.807, 2.05) is 47.4 Å². The zero-order chi connectivity index (χ0) is 19.1. The van der Waals surface area contributed by atoms with Gasteiger partial charge in [-0.25, -0.2) is 4.39 Å². The molecule has 0 unspecified atom stereocenters. The first-order valence-corrected chi connectivity index (χ1v) is 9.43. The van der Waals surface area contributed by atoms with Crippen LogP contribution >= 0.6 is 0 Å². The second kappa shape index (κ2) is 6.64. The lowest BCUT2D eigenvalue weighted by Crippen LogP contribution is -2.40. The number of aromatic amines is 1. The van der Waals surface area contributed by atoms with Crippen molar-refractivity contribution in [3.8, 4) is 0 Å². The van der Waals surface area contributed by atoms with Crippen LogP contribution in [0.2, 0.25) is 0 Å². The molecule has 2 heterocycles. The smallest absolute Gasteiger partial charge is 0.254 e. The van der Waals surface area contributed by atoms with Crippen LogP contribution in [0.1, 0.15) is 33.2 Å². The van der Waals surface area contributed by atoms with Gasteiger partial charge >= 0.3 is 0 Å². The Hall–Kier alpha value is -3.40. The SMILES string of the molecule is O=C(c1ccccc1)N1CCc2c([nH]c3ccccc23)[C@H]1c1ccc(F)cc1. The summed E-state index contributed by atoms with van der Waals surface area (Å²) in [4.78, 5) is 18.7. The number of fused-ring (bicyclic) bond motifs is 3. The van der Waals surface area contributed by atoms with E-state index in [9.17, 15) is 9.18 Å². The average molecular weight is 370 g/mol. The van der Waals surface area contributed by atoms with E-state index in [2.05, 4.69) is 17.1 Å². The predicted octanol–water partition coefficient (Wildman–Crippen LogP) is 5.09. The van der Waals surface area contributed by atoms with Crippen LogP contribution < -0.4 is 0 Å². The van der Waals surface area contributed by atoms with Crippen LogP contribution in [-0.4, -0.2) is 22.3 Å². The zero-order valence-corrected chi connectivity index (χ0v) is 15.2. The molecule has 1 aliphatic heterocycles. The minimum Gasteiger partial charge on any atom is -0.356 e. The maximum atomic E-state index is 13.5. The molecule has 0 fully saturated rings. The fourth-order valence-corrected chi connectivity index (χ4v) is 4.20. The van der Waals surface area contributed by atoms with E-state index in [0.717, 1.165) is 23.2 Å². The highest BCUT2D eigenvalue weighted by Crippen LogP contribution is 2.39. The second-order valence-corrected chi connectivity index (χ2v) is 7.13. The van der Waals surface area contributed by atoms with E-state index < -0.39 is 0 Å². The Morgan fingerprint density at radius 2 is 1.64 bits per heavy atom. The number of carbonyl (C=O) groups is 1. The first-order chi connectivity index (χ1) is 13.7. The lowest BCUT2D eigenvalue weighted by atomic mass is 9.91. The molecule has 0 saturated heterocycles. The largest absolute Gasteiger partial charge is 0.356 e. The van der Waals surface area contributed by atoms with Gasteiger partial charge in [-0.3, -0.25) is 4.79 Å². The van der Waals surface area contributed by atoms with Gasteiger partial charge in [0.1, 0.15) is 5.82 Å². The molecule has 1 N–H and O–H groups in total. The van der Waals surface area contributed by atoms with Crippen LogP contribution in [-0.2, 0) is 6.42 Å². The van der Waals surface area contributed by atoms with Gasteiger partial charge in [0.05, 0.1) is 6.04 Å². The molecule has 0 radical (unpaired) electrons. The second-order valence-electron chi connectivity index (χ2n) is 7.13. The number of hydrogen-bond acceptors (Lipinski definition) is 1. The summed E-state index contributed by atoms with van der Waals surface area (Å²) in [7, 11) is 0. The highest BCUT2D eigenvalue weighted by molar-refractivity contribution is 5.95. The van der Waals surface area contributed by atoms with Gasteiger partial charge in [0.15, 0.2) is 0 Å². The molecule has 0 bridgehead atoms. The van der Waals surface area contributed by atoms with Gasteiger partial charge in [-0.15, -0.1) is 0 Å². The molecule has 4 aromatic rings. The molecule has 5 rings (SSSR count). The molecule has 0 aliphatic carbocycles. The molecule has 3 aromatic carbocycles. The van der Waals surface area contributed by atoms with Gasteiger partial charge in [-0.1, -0.05) is 48.5 Å². The molecule has 138 valence electrons. The third-order valence-corrected chi connectivity index (χ3v) is 5.50. The molecular formula is C24H19FN2O. The molecule has 1 aliphatic rings. The van der Waals surface area contributed by atoms with Crippen molar-refractivity contribution in [2.45, 2.75) is 12.5 Å². The highest BCUT2D eigenvalue weighted by atomic mass is 19.1. The Kier molecular flexibility index (Phi) is 3.97. The van der Waals surface area contributed by atoms with E-state index >= 15 is 0 Å². The van der Waals surface area contributed by atoms with Gasteiger partial charge in [-0.05, 0) is 47.9 Å². The molecule has 0 spiro atoms. The summed E-state index contributed by atoms with van der Waals surface area (Å²) in [5.74, 6) is -0.295. The molecule has 1 aromatic heterocycles. The van der Waals surface area contributed by atoms with E-state index in [4.69, 9.17) is 0 Å². The number of para-hydroxylation sites is 1. The Labute approximate surface area is 162 Å². The van der Waals surface area contributed by atoms with E-state index in [-0.39, 0.29) is 17.8 Å². The van der Waals surface area contributed by atoms with Crippen LogP contribution in [0.4, 0.5) is 4.39 Å². The van der Waals surface area contributed by atoms with Crippen molar-refractivity contribution < 1.29 is 9.18 Å². The summed E-state index contributed by atoms with van der Waals surface area (Å²) in [5, 5.41) is 1.19. The molecule has 1 atom stereocenters. The number of hydrogen-bond donors (Lipinski definition) is 1. The number of nitrogens with zero attached hydrogens (tertiary/aromatic N) is 1. The number of halogens is 1. The molecule has 1 amide bonds. The number of benzene rings is 3. The van der Waals surface area contributed by atoms with Crippen LogP contribution in [0, 0.1) is 5.82 Å². The molecular weight excluding hydrogens is 351 g/mol. The first kappa shape index (κ1) is 16.8.